The van der Waals surface area contributed by atoms with E-state index in [-0.39, 0.29) is 36.6 Å². The van der Waals surface area contributed by atoms with Gasteiger partial charge in [0, 0.05) is 23.2 Å². The predicted octanol–water partition coefficient (Wildman–Crippen LogP) is 6.77. The summed E-state index contributed by atoms with van der Waals surface area (Å²) in [6.45, 7) is 3.80. The molecule has 4 aromatic carbocycles. The Morgan fingerprint density at radius 1 is 0.605 bits per heavy atom. The topological polar surface area (TPSA) is 135 Å². The van der Waals surface area contributed by atoms with E-state index in [1.54, 1.807) is 72.8 Å². The standard InChI is InChI=1S/C16H12INO3S.C16H13NO3S/c1-10-4-6-11(7-5-10)22(20,21)14-9-13(17)16(19)15-12(14)3-2-8-18-15;1-11-4-6-12(7-5-11)21(19,20)15-9-8-14(18)16-13(15)3-2-10-17-16/h2-9,19H,1H3;2-10,18H,1H3. The maximum atomic E-state index is 12.9. The Morgan fingerprint density at radius 3 is 1.60 bits per heavy atom. The lowest BCUT2D eigenvalue weighted by atomic mass is 10.2. The average Bonchev–Trinajstić information content (AvgIpc) is 3.00. The van der Waals surface area contributed by atoms with Crippen LogP contribution in [0.3, 0.4) is 0 Å². The lowest BCUT2D eigenvalue weighted by molar-refractivity contribution is 0.476. The fourth-order valence-corrected chi connectivity index (χ4v) is 8.15. The summed E-state index contributed by atoms with van der Waals surface area (Å²) in [5.41, 5.74) is 2.56. The first kappa shape index (κ1) is 30.4. The number of benzene rings is 4. The first-order valence-corrected chi connectivity index (χ1v) is 16.9. The first-order valence-electron chi connectivity index (χ1n) is 12.9. The molecule has 11 heteroatoms. The number of nitrogens with zero attached hydrogens (tertiary/aromatic N) is 2. The maximum absolute atomic E-state index is 12.9. The minimum Gasteiger partial charge on any atom is -0.506 e. The lowest BCUT2D eigenvalue weighted by Crippen LogP contribution is -2.04. The van der Waals surface area contributed by atoms with E-state index in [2.05, 4.69) is 9.97 Å². The van der Waals surface area contributed by atoms with Gasteiger partial charge in [-0.25, -0.2) is 16.8 Å². The SMILES string of the molecule is Cc1ccc(S(=O)(=O)c2cc(I)c(O)c3ncccc23)cc1.Cc1ccc(S(=O)(=O)c2ccc(O)c3ncccc23)cc1. The molecule has 218 valence electrons. The number of phenols is 2. The van der Waals surface area contributed by atoms with E-state index in [9.17, 15) is 27.0 Å². The van der Waals surface area contributed by atoms with Crippen LogP contribution in [0.15, 0.2) is 123 Å². The first-order chi connectivity index (χ1) is 20.4. The van der Waals surface area contributed by atoms with Crippen molar-refractivity contribution in [2.45, 2.75) is 33.4 Å². The third-order valence-corrected chi connectivity index (χ3v) is 11.2. The molecular formula is C32H25IN2O6S2. The van der Waals surface area contributed by atoms with Gasteiger partial charge < -0.3 is 10.2 Å². The van der Waals surface area contributed by atoms with Gasteiger partial charge in [-0.3, -0.25) is 9.97 Å². The third kappa shape index (κ3) is 5.92. The Labute approximate surface area is 262 Å². The molecule has 0 aliphatic carbocycles. The number of aromatic nitrogens is 2. The minimum absolute atomic E-state index is 0.000874. The van der Waals surface area contributed by atoms with Crippen molar-refractivity contribution in [1.29, 1.82) is 0 Å². The molecule has 0 bridgehead atoms. The molecule has 2 heterocycles. The summed E-state index contributed by atoms with van der Waals surface area (Å²) >= 11 is 1.91. The van der Waals surface area contributed by atoms with E-state index in [0.717, 1.165) is 11.1 Å². The second-order valence-electron chi connectivity index (χ2n) is 9.72. The normalized spacial score (nSPS) is 11.7. The van der Waals surface area contributed by atoms with Crippen LogP contribution in [-0.2, 0) is 19.7 Å². The highest BCUT2D eigenvalue weighted by molar-refractivity contribution is 14.1. The van der Waals surface area contributed by atoms with Crippen LogP contribution >= 0.6 is 22.6 Å². The summed E-state index contributed by atoms with van der Waals surface area (Å²) in [5, 5.41) is 20.7. The molecule has 0 radical (unpaired) electrons. The third-order valence-electron chi connectivity index (χ3n) is 6.73. The van der Waals surface area contributed by atoms with Crippen LogP contribution in [0.25, 0.3) is 21.8 Å². The van der Waals surface area contributed by atoms with Crippen molar-refractivity contribution < 1.29 is 27.0 Å². The molecule has 2 N–H and O–H groups in total. The summed E-state index contributed by atoms with van der Waals surface area (Å²) in [4.78, 5) is 8.90. The van der Waals surface area contributed by atoms with Crippen LogP contribution in [0.2, 0.25) is 0 Å². The molecule has 6 aromatic rings. The highest BCUT2D eigenvalue weighted by Gasteiger charge is 2.24. The van der Waals surface area contributed by atoms with Gasteiger partial charge in [0.25, 0.3) is 0 Å². The van der Waals surface area contributed by atoms with Crippen LogP contribution in [0.1, 0.15) is 11.1 Å². The van der Waals surface area contributed by atoms with Crippen LogP contribution in [0, 0.1) is 17.4 Å². The molecule has 0 aliphatic heterocycles. The Hall–Kier alpha value is -4.07. The van der Waals surface area contributed by atoms with Crippen molar-refractivity contribution >= 4 is 64.1 Å². The van der Waals surface area contributed by atoms with E-state index in [4.69, 9.17) is 0 Å². The maximum Gasteiger partial charge on any atom is 0.207 e. The van der Waals surface area contributed by atoms with E-state index < -0.39 is 19.7 Å². The molecule has 0 fully saturated rings. The molecule has 2 aromatic heterocycles. The summed E-state index contributed by atoms with van der Waals surface area (Å²) < 4.78 is 51.8. The molecule has 8 nitrogen and oxygen atoms in total. The number of rotatable bonds is 4. The number of pyridine rings is 2. The Bertz CT molecular complexity index is 2200. The zero-order valence-electron chi connectivity index (χ0n) is 22.9. The number of aromatic hydroxyl groups is 2. The Kier molecular flexibility index (Phi) is 8.41. The van der Waals surface area contributed by atoms with Crippen LogP contribution in [0.5, 0.6) is 11.5 Å². The number of aryl methyl sites for hydroxylation is 2. The van der Waals surface area contributed by atoms with Crippen LogP contribution in [0.4, 0.5) is 0 Å². The highest BCUT2D eigenvalue weighted by atomic mass is 127. The van der Waals surface area contributed by atoms with Crippen molar-refractivity contribution in [2.75, 3.05) is 0 Å². The summed E-state index contributed by atoms with van der Waals surface area (Å²) in [7, 11) is -7.33. The van der Waals surface area contributed by atoms with Crippen molar-refractivity contribution in [3.05, 3.63) is 118 Å². The van der Waals surface area contributed by atoms with Crippen molar-refractivity contribution in [3.8, 4) is 11.5 Å². The molecule has 0 saturated heterocycles. The van der Waals surface area contributed by atoms with E-state index in [1.807, 2.05) is 36.4 Å². The molecule has 0 aliphatic rings. The van der Waals surface area contributed by atoms with Gasteiger partial charge in [0.05, 0.1) is 23.2 Å². The van der Waals surface area contributed by atoms with Gasteiger partial charge in [0.2, 0.25) is 19.7 Å². The molecule has 6 rings (SSSR count). The van der Waals surface area contributed by atoms with Crippen molar-refractivity contribution in [3.63, 3.8) is 0 Å². The van der Waals surface area contributed by atoms with Gasteiger partial charge in [-0.05, 0) is 103 Å². The average molecular weight is 725 g/mol. The fourth-order valence-electron chi connectivity index (χ4n) is 4.44. The van der Waals surface area contributed by atoms with Gasteiger partial charge in [-0.1, -0.05) is 35.4 Å². The highest BCUT2D eigenvalue weighted by Crippen LogP contribution is 2.36. The summed E-state index contributed by atoms with van der Waals surface area (Å²) in [6, 6.07) is 24.2. The van der Waals surface area contributed by atoms with E-state index in [1.165, 1.54) is 30.6 Å². The van der Waals surface area contributed by atoms with Gasteiger partial charge in [0.1, 0.15) is 16.8 Å². The Balaban J connectivity index is 0.000000171. The molecule has 0 spiro atoms. The van der Waals surface area contributed by atoms with E-state index >= 15 is 0 Å². The number of halogens is 1. The number of phenolic OH excluding ortho intramolecular Hbond substituents is 2. The van der Waals surface area contributed by atoms with Gasteiger partial charge >= 0.3 is 0 Å². The van der Waals surface area contributed by atoms with Gasteiger partial charge in [0.15, 0.2) is 5.75 Å². The summed E-state index contributed by atoms with van der Waals surface area (Å²) in [6.07, 6.45) is 3.05. The lowest BCUT2D eigenvalue weighted by Gasteiger charge is -2.10. The molecule has 43 heavy (non-hydrogen) atoms. The molecular weight excluding hydrogens is 699 g/mol. The van der Waals surface area contributed by atoms with Gasteiger partial charge in [-0.2, -0.15) is 0 Å². The van der Waals surface area contributed by atoms with E-state index in [0.29, 0.717) is 19.9 Å². The second kappa shape index (κ2) is 11.9. The van der Waals surface area contributed by atoms with Crippen molar-refractivity contribution in [2.24, 2.45) is 0 Å². The van der Waals surface area contributed by atoms with Crippen LogP contribution in [-0.4, -0.2) is 37.0 Å². The number of fused-ring (bicyclic) bond motifs is 2. The predicted molar refractivity (Wildman–Crippen MR) is 173 cm³/mol. The Morgan fingerprint density at radius 2 is 1.07 bits per heavy atom. The monoisotopic (exact) mass is 724 g/mol. The van der Waals surface area contributed by atoms with Gasteiger partial charge in [-0.15, -0.1) is 0 Å². The van der Waals surface area contributed by atoms with Crippen molar-refractivity contribution in [1.82, 2.24) is 9.97 Å². The molecule has 0 unspecified atom stereocenters. The number of sulfone groups is 2. The fraction of sp³-hybridized carbons (Fsp3) is 0.0625. The number of hydrogen-bond acceptors (Lipinski definition) is 8. The molecule has 0 saturated carbocycles. The minimum atomic E-state index is -3.68. The zero-order chi connectivity index (χ0) is 30.9. The number of hydrogen-bond donors (Lipinski definition) is 2. The van der Waals surface area contributed by atoms with Crippen LogP contribution < -0.4 is 0 Å². The summed E-state index contributed by atoms with van der Waals surface area (Å²) in [5.74, 6) is -0.0347. The smallest absolute Gasteiger partial charge is 0.207 e. The zero-order valence-corrected chi connectivity index (χ0v) is 26.7. The molecule has 0 amide bonds. The molecule has 0 atom stereocenters. The quantitative estimate of drug-likeness (QED) is 0.191. The second-order valence-corrected chi connectivity index (χ2v) is 14.7. The largest absolute Gasteiger partial charge is 0.506 e.